The zero-order chi connectivity index (χ0) is 15.6. The van der Waals surface area contributed by atoms with E-state index in [-0.39, 0.29) is 18.2 Å². The topological polar surface area (TPSA) is 73.4 Å². The van der Waals surface area contributed by atoms with Crippen molar-refractivity contribution in [2.24, 2.45) is 5.84 Å². The van der Waals surface area contributed by atoms with E-state index >= 15 is 0 Å². The van der Waals surface area contributed by atoms with Crippen molar-refractivity contribution < 1.29 is 4.79 Å². The Kier molecular flexibility index (Phi) is 4.78. The van der Waals surface area contributed by atoms with Crippen molar-refractivity contribution in [3.63, 3.8) is 0 Å². The summed E-state index contributed by atoms with van der Waals surface area (Å²) in [4.78, 5) is 12.5. The van der Waals surface area contributed by atoms with Crippen molar-refractivity contribution in [2.45, 2.75) is 25.8 Å². The second-order valence-electron chi connectivity index (χ2n) is 4.93. The molecule has 0 saturated carbocycles. The summed E-state index contributed by atoms with van der Waals surface area (Å²) in [6, 6.07) is 9.47. The number of carbonyl (C=O) groups is 1. The van der Waals surface area contributed by atoms with Gasteiger partial charge in [0.2, 0.25) is 0 Å². The number of allylic oxidation sites excluding steroid dienone is 1. The summed E-state index contributed by atoms with van der Waals surface area (Å²) >= 11 is 3.36. The van der Waals surface area contributed by atoms with Crippen molar-refractivity contribution in [3.8, 4) is 6.07 Å². The van der Waals surface area contributed by atoms with E-state index in [0.29, 0.717) is 17.7 Å². The van der Waals surface area contributed by atoms with Crippen molar-refractivity contribution >= 4 is 21.7 Å². The summed E-state index contributed by atoms with van der Waals surface area (Å²) < 4.78 is 0.966. The molecule has 0 radical (unpaired) electrons. The van der Waals surface area contributed by atoms with Gasteiger partial charge in [0.1, 0.15) is 5.70 Å². The smallest absolute Gasteiger partial charge is 0.185 e. The molecule has 0 amide bonds. The quantitative estimate of drug-likeness (QED) is 0.844. The molecule has 0 aliphatic carbocycles. The molecule has 1 unspecified atom stereocenters. The van der Waals surface area contributed by atoms with Gasteiger partial charge >= 0.3 is 0 Å². The number of hydrogen-bond acceptors (Lipinski definition) is 5. The van der Waals surface area contributed by atoms with Gasteiger partial charge in [-0.2, -0.15) is 10.4 Å². The maximum atomic E-state index is 12.5. The molecule has 2 rings (SSSR count). The average molecular weight is 349 g/mol. The van der Waals surface area contributed by atoms with Crippen LogP contribution >= 0.6 is 15.9 Å². The van der Waals surface area contributed by atoms with Gasteiger partial charge in [0.15, 0.2) is 5.78 Å². The number of Topliss-reactive ketones (excluding diaryl/α,β-unsaturated/α-hetero) is 1. The maximum absolute atomic E-state index is 12.5. The van der Waals surface area contributed by atoms with Crippen LogP contribution in [0, 0.1) is 11.3 Å². The molecule has 110 valence electrons. The zero-order valence-corrected chi connectivity index (χ0v) is 13.6. The van der Waals surface area contributed by atoms with E-state index in [0.717, 1.165) is 10.0 Å². The molecule has 2 N–H and O–H groups in total. The minimum Gasteiger partial charge on any atom is -0.292 e. The number of nitrogens with zero attached hydrogens (tertiary/aromatic N) is 3. The van der Waals surface area contributed by atoms with Crippen LogP contribution in [0.3, 0.4) is 0 Å². The highest BCUT2D eigenvalue weighted by atomic mass is 79.9. The third kappa shape index (κ3) is 3.00. The van der Waals surface area contributed by atoms with Gasteiger partial charge in [-0.3, -0.25) is 9.80 Å². The van der Waals surface area contributed by atoms with E-state index in [4.69, 9.17) is 5.84 Å². The van der Waals surface area contributed by atoms with Crippen LogP contribution in [0.5, 0.6) is 0 Å². The number of nitrogens with two attached hydrogens (primary N) is 1. The highest BCUT2D eigenvalue weighted by molar-refractivity contribution is 9.10. The van der Waals surface area contributed by atoms with Crippen LogP contribution in [0.25, 0.3) is 0 Å². The number of nitriles is 1. The van der Waals surface area contributed by atoms with Gasteiger partial charge in [0.25, 0.3) is 0 Å². The molecule has 1 atom stereocenters. The van der Waals surface area contributed by atoms with Crippen molar-refractivity contribution in [3.05, 3.63) is 45.6 Å². The predicted molar refractivity (Wildman–Crippen MR) is 83.4 cm³/mol. The lowest BCUT2D eigenvalue weighted by Crippen LogP contribution is -2.46. The Labute approximate surface area is 132 Å². The Hall–Kier alpha value is -1.68. The first kappa shape index (κ1) is 15.7. The van der Waals surface area contributed by atoms with Crippen molar-refractivity contribution in [1.29, 1.82) is 5.26 Å². The van der Waals surface area contributed by atoms with Crippen LogP contribution in [0.4, 0.5) is 0 Å². The van der Waals surface area contributed by atoms with Crippen LogP contribution in [-0.2, 0) is 11.2 Å². The summed E-state index contributed by atoms with van der Waals surface area (Å²) in [7, 11) is 1.71. The summed E-state index contributed by atoms with van der Waals surface area (Å²) in [5.41, 5.74) is 1.75. The first-order valence-electron chi connectivity index (χ1n) is 6.69. The molecular weight excluding hydrogens is 332 g/mol. The molecule has 0 fully saturated rings. The van der Waals surface area contributed by atoms with Crippen LogP contribution in [0.15, 0.2) is 40.0 Å². The Morgan fingerprint density at radius 3 is 2.57 bits per heavy atom. The first-order valence-corrected chi connectivity index (χ1v) is 7.48. The van der Waals surface area contributed by atoms with E-state index in [2.05, 4.69) is 22.0 Å². The normalized spacial score (nSPS) is 19.0. The van der Waals surface area contributed by atoms with Gasteiger partial charge < -0.3 is 0 Å². The van der Waals surface area contributed by atoms with Crippen LogP contribution in [0.1, 0.15) is 18.9 Å². The number of halogens is 1. The minimum absolute atomic E-state index is 0.0947. The predicted octanol–water partition coefficient (Wildman–Crippen LogP) is 2.15. The monoisotopic (exact) mass is 348 g/mol. The highest BCUT2D eigenvalue weighted by Gasteiger charge is 2.37. The lowest BCUT2D eigenvalue weighted by Gasteiger charge is -2.26. The standard InChI is InChI=1S/C15H17BrN4O/c1-3-13-12(9-17)15(19(2)20(13)18)14(21)8-10-4-6-11(16)7-5-10/h4-7,13H,3,8,18H2,1-2H3. The molecule has 0 bridgehead atoms. The Morgan fingerprint density at radius 2 is 2.05 bits per heavy atom. The largest absolute Gasteiger partial charge is 0.292 e. The molecule has 0 aromatic heterocycles. The van der Waals surface area contributed by atoms with E-state index in [9.17, 15) is 10.1 Å². The fourth-order valence-electron chi connectivity index (χ4n) is 2.51. The minimum atomic E-state index is -0.233. The van der Waals surface area contributed by atoms with Crippen LogP contribution in [0.2, 0.25) is 0 Å². The van der Waals surface area contributed by atoms with Crippen LogP contribution < -0.4 is 5.84 Å². The number of benzene rings is 1. The fraction of sp³-hybridized carbons (Fsp3) is 0.333. The molecule has 1 aromatic rings. The van der Waals surface area contributed by atoms with Gasteiger partial charge in [0.05, 0.1) is 17.7 Å². The zero-order valence-electron chi connectivity index (χ0n) is 12.0. The molecule has 6 heteroatoms. The maximum Gasteiger partial charge on any atom is 0.185 e. The first-order chi connectivity index (χ1) is 9.99. The lowest BCUT2D eigenvalue weighted by atomic mass is 10.0. The Bertz CT molecular complexity index is 618. The molecular formula is C15H17BrN4O. The Morgan fingerprint density at radius 1 is 1.43 bits per heavy atom. The molecule has 1 aromatic carbocycles. The SMILES string of the molecule is CCC1C(C#N)=C(C(=O)Cc2ccc(Br)cc2)N(C)N1N. The highest BCUT2D eigenvalue weighted by Crippen LogP contribution is 2.28. The summed E-state index contributed by atoms with van der Waals surface area (Å²) in [6.07, 6.45) is 0.932. The Balaban J connectivity index is 2.28. The number of hydrogen-bond donors (Lipinski definition) is 1. The summed E-state index contributed by atoms with van der Waals surface area (Å²) in [6.45, 7) is 1.94. The number of ketones is 1. The number of carbonyl (C=O) groups excluding carboxylic acids is 1. The van der Waals surface area contributed by atoms with Crippen molar-refractivity contribution in [2.75, 3.05) is 7.05 Å². The van der Waals surface area contributed by atoms with Gasteiger partial charge in [-0.05, 0) is 24.1 Å². The molecule has 1 aliphatic heterocycles. The van der Waals surface area contributed by atoms with E-state index < -0.39 is 0 Å². The van der Waals surface area contributed by atoms with Gasteiger partial charge in [-0.15, -0.1) is 0 Å². The van der Waals surface area contributed by atoms with Gasteiger partial charge in [-0.1, -0.05) is 35.0 Å². The number of hydrazine groups is 2. The van der Waals surface area contributed by atoms with E-state index in [1.807, 2.05) is 31.2 Å². The second kappa shape index (κ2) is 6.39. The van der Waals surface area contributed by atoms with Gasteiger partial charge in [-0.25, -0.2) is 5.84 Å². The third-order valence-corrected chi connectivity index (χ3v) is 4.16. The molecule has 1 aliphatic rings. The molecule has 0 saturated heterocycles. The summed E-state index contributed by atoms with van der Waals surface area (Å²) in [5.74, 6) is 5.85. The summed E-state index contributed by atoms with van der Waals surface area (Å²) in [5, 5.41) is 12.4. The molecule has 1 heterocycles. The van der Waals surface area contributed by atoms with E-state index in [1.54, 1.807) is 12.1 Å². The molecule has 0 spiro atoms. The lowest BCUT2D eigenvalue weighted by molar-refractivity contribution is -0.118. The molecule has 5 nitrogen and oxygen atoms in total. The van der Waals surface area contributed by atoms with Crippen molar-refractivity contribution in [1.82, 2.24) is 10.1 Å². The average Bonchev–Trinajstić information content (AvgIpc) is 2.72. The van der Waals surface area contributed by atoms with Gasteiger partial charge in [0, 0.05) is 17.9 Å². The number of rotatable bonds is 4. The second-order valence-corrected chi connectivity index (χ2v) is 5.84. The van der Waals surface area contributed by atoms with E-state index in [1.165, 1.54) is 5.12 Å². The number of likely N-dealkylation sites (N-methyl/N-ethyl adjacent to an activating group) is 1. The van der Waals surface area contributed by atoms with Crippen LogP contribution in [-0.4, -0.2) is 29.0 Å². The third-order valence-electron chi connectivity index (χ3n) is 3.63. The fourth-order valence-corrected chi connectivity index (χ4v) is 2.77. The molecule has 21 heavy (non-hydrogen) atoms.